The second-order valence-electron chi connectivity index (χ2n) is 8.48. The second kappa shape index (κ2) is 7.23. The Hall–Kier alpha value is -3.14. The van der Waals surface area contributed by atoms with Gasteiger partial charge in [0.2, 0.25) is 0 Å². The van der Waals surface area contributed by atoms with Gasteiger partial charge in [-0.25, -0.2) is 18.2 Å². The van der Waals surface area contributed by atoms with Crippen molar-refractivity contribution in [3.05, 3.63) is 30.7 Å². The monoisotopic (exact) mass is 444 g/mol. The van der Waals surface area contributed by atoms with Gasteiger partial charge in [0, 0.05) is 42.7 Å². The Kier molecular flexibility index (Phi) is 4.92. The molecule has 9 nitrogen and oxygen atoms in total. The van der Waals surface area contributed by atoms with E-state index in [-0.39, 0.29) is 5.03 Å². The highest BCUT2D eigenvalue weighted by Gasteiger charge is 2.28. The third-order valence-electron chi connectivity index (χ3n) is 4.83. The zero-order chi connectivity index (χ0) is 22.6. The highest BCUT2D eigenvalue weighted by Crippen LogP contribution is 2.43. The van der Waals surface area contributed by atoms with Gasteiger partial charge in [0.15, 0.2) is 14.9 Å². The van der Waals surface area contributed by atoms with Gasteiger partial charge in [-0.15, -0.1) is 0 Å². The van der Waals surface area contributed by atoms with Crippen molar-refractivity contribution in [1.82, 2.24) is 14.5 Å². The summed E-state index contributed by atoms with van der Waals surface area (Å²) in [6.07, 6.45) is 5.33. The largest absolute Gasteiger partial charge is 0.489 e. The third kappa shape index (κ3) is 3.95. The lowest BCUT2D eigenvalue weighted by atomic mass is 10.1. The van der Waals surface area contributed by atoms with Gasteiger partial charge < -0.3 is 14.4 Å². The van der Waals surface area contributed by atoms with E-state index in [1.807, 2.05) is 11.9 Å². The van der Waals surface area contributed by atoms with E-state index in [4.69, 9.17) is 9.47 Å². The van der Waals surface area contributed by atoms with Gasteiger partial charge in [-0.2, -0.15) is 0 Å². The fourth-order valence-corrected chi connectivity index (χ4v) is 4.06. The number of sulfone groups is 1. The summed E-state index contributed by atoms with van der Waals surface area (Å²) in [4.78, 5) is 23.4. The number of hydrogen-bond acceptors (Lipinski definition) is 8. The highest BCUT2D eigenvalue weighted by molar-refractivity contribution is 7.90. The Morgan fingerprint density at radius 1 is 1.29 bits per heavy atom. The quantitative estimate of drug-likeness (QED) is 0.594. The summed E-state index contributed by atoms with van der Waals surface area (Å²) >= 11 is 0. The lowest BCUT2D eigenvalue weighted by Gasteiger charge is -2.29. The molecule has 0 amide bonds. The molecule has 0 N–H and O–H groups in total. The van der Waals surface area contributed by atoms with Gasteiger partial charge in [0.05, 0.1) is 18.3 Å². The molecule has 0 unspecified atom stereocenters. The Bertz CT molecular complexity index is 1290. The first-order valence-corrected chi connectivity index (χ1v) is 11.6. The van der Waals surface area contributed by atoms with Crippen molar-refractivity contribution in [3.63, 3.8) is 0 Å². The van der Waals surface area contributed by atoms with E-state index in [2.05, 4.69) is 9.97 Å². The summed E-state index contributed by atoms with van der Waals surface area (Å²) in [5.41, 5.74) is 1.52. The van der Waals surface area contributed by atoms with Crippen LogP contribution in [0.5, 0.6) is 5.75 Å². The Morgan fingerprint density at radius 2 is 2.03 bits per heavy atom. The lowest BCUT2D eigenvalue weighted by Crippen LogP contribution is -2.30. The number of ether oxygens (including phenoxy) is 2. The molecule has 164 valence electrons. The van der Waals surface area contributed by atoms with Gasteiger partial charge in [-0.1, -0.05) is 0 Å². The maximum Gasteiger partial charge on any atom is 0.419 e. The SMILES string of the molecule is CN1CCOc2cc(S(C)(=O)=O)nc(-c3cn(C(=O)OC(C)(C)C)c4cnccc34)c21. The first kappa shape index (κ1) is 21.1. The highest BCUT2D eigenvalue weighted by atomic mass is 32.2. The molecule has 0 saturated carbocycles. The average Bonchev–Trinajstić information content (AvgIpc) is 3.05. The first-order chi connectivity index (χ1) is 14.5. The molecule has 0 fully saturated rings. The fraction of sp³-hybridized carbons (Fsp3) is 0.381. The van der Waals surface area contributed by atoms with Crippen LogP contribution in [0, 0.1) is 0 Å². The number of anilines is 1. The van der Waals surface area contributed by atoms with Crippen LogP contribution in [0.1, 0.15) is 20.8 Å². The number of aromatic nitrogens is 3. The topological polar surface area (TPSA) is 104 Å². The van der Waals surface area contributed by atoms with E-state index in [1.54, 1.807) is 45.4 Å². The van der Waals surface area contributed by atoms with Crippen molar-refractivity contribution in [2.24, 2.45) is 0 Å². The molecule has 3 aromatic heterocycles. The molecule has 3 aromatic rings. The van der Waals surface area contributed by atoms with Crippen LogP contribution in [0.2, 0.25) is 0 Å². The number of hydrogen-bond donors (Lipinski definition) is 0. The number of carbonyl (C=O) groups is 1. The molecule has 0 atom stereocenters. The van der Waals surface area contributed by atoms with E-state index in [1.165, 1.54) is 10.6 Å². The Morgan fingerprint density at radius 3 is 2.71 bits per heavy atom. The van der Waals surface area contributed by atoms with Crippen LogP contribution in [0.25, 0.3) is 22.2 Å². The van der Waals surface area contributed by atoms with Crippen LogP contribution < -0.4 is 9.64 Å². The van der Waals surface area contributed by atoms with Crippen LogP contribution in [-0.4, -0.2) is 61.1 Å². The molecule has 0 spiro atoms. The van der Waals surface area contributed by atoms with Crippen molar-refractivity contribution in [3.8, 4) is 17.0 Å². The van der Waals surface area contributed by atoms with Gasteiger partial charge in [0.25, 0.3) is 0 Å². The minimum absolute atomic E-state index is 0.0937. The van der Waals surface area contributed by atoms with Crippen LogP contribution in [-0.2, 0) is 14.6 Å². The standard InChI is InChI=1S/C21H24N4O5S/c1-21(2,3)30-20(26)25-12-14(13-6-7-22-11-15(13)25)18-19-16(29-9-8-24(19)4)10-17(23-18)31(5,27)28/h6-7,10-12H,8-9H2,1-5H3. The average molecular weight is 445 g/mol. The number of fused-ring (bicyclic) bond motifs is 2. The molecular weight excluding hydrogens is 420 g/mol. The van der Waals surface area contributed by atoms with Crippen molar-refractivity contribution < 1.29 is 22.7 Å². The molecule has 0 radical (unpaired) electrons. The predicted octanol–water partition coefficient (Wildman–Crippen LogP) is 3.11. The van der Waals surface area contributed by atoms with E-state index in [0.29, 0.717) is 46.7 Å². The molecule has 0 saturated heterocycles. The van der Waals surface area contributed by atoms with E-state index >= 15 is 0 Å². The fourth-order valence-electron chi connectivity index (χ4n) is 3.48. The molecule has 0 aliphatic carbocycles. The van der Waals surface area contributed by atoms with Crippen LogP contribution in [0.15, 0.2) is 35.7 Å². The molecule has 31 heavy (non-hydrogen) atoms. The summed E-state index contributed by atoms with van der Waals surface area (Å²) in [6.45, 7) is 6.41. The van der Waals surface area contributed by atoms with E-state index in [9.17, 15) is 13.2 Å². The summed E-state index contributed by atoms with van der Waals surface area (Å²) in [5.74, 6) is 0.436. The number of carbonyl (C=O) groups excluding carboxylic acids is 1. The Labute approximate surface area is 180 Å². The number of rotatable bonds is 2. The smallest absolute Gasteiger partial charge is 0.419 e. The predicted molar refractivity (Wildman–Crippen MR) is 116 cm³/mol. The number of nitrogens with zero attached hydrogens (tertiary/aromatic N) is 4. The molecule has 4 rings (SSSR count). The molecule has 1 aliphatic rings. The zero-order valence-corrected chi connectivity index (χ0v) is 18.9. The maximum atomic E-state index is 12.9. The summed E-state index contributed by atoms with van der Waals surface area (Å²) in [5, 5.41) is 0.601. The summed E-state index contributed by atoms with van der Waals surface area (Å²) < 4.78 is 37.3. The molecule has 0 aromatic carbocycles. The van der Waals surface area contributed by atoms with E-state index < -0.39 is 21.5 Å². The van der Waals surface area contributed by atoms with Crippen LogP contribution in [0.3, 0.4) is 0 Å². The van der Waals surface area contributed by atoms with Crippen molar-refractivity contribution in [2.45, 2.75) is 31.4 Å². The summed E-state index contributed by atoms with van der Waals surface area (Å²) in [7, 11) is -1.70. The van der Waals surface area contributed by atoms with Gasteiger partial charge in [-0.05, 0) is 26.8 Å². The minimum atomic E-state index is -3.59. The minimum Gasteiger partial charge on any atom is -0.489 e. The lowest BCUT2D eigenvalue weighted by molar-refractivity contribution is 0.0544. The molecule has 4 heterocycles. The normalized spacial score (nSPS) is 14.3. The molecule has 1 aliphatic heterocycles. The van der Waals surface area contributed by atoms with Gasteiger partial charge in [-0.3, -0.25) is 9.55 Å². The van der Waals surface area contributed by atoms with Crippen molar-refractivity contribution in [2.75, 3.05) is 31.4 Å². The third-order valence-corrected chi connectivity index (χ3v) is 5.80. The van der Waals surface area contributed by atoms with Crippen molar-refractivity contribution >= 4 is 32.5 Å². The molecule has 10 heteroatoms. The van der Waals surface area contributed by atoms with E-state index in [0.717, 1.165) is 6.26 Å². The Balaban J connectivity index is 2.01. The van der Waals surface area contributed by atoms with Gasteiger partial charge >= 0.3 is 6.09 Å². The maximum absolute atomic E-state index is 12.9. The van der Waals surface area contributed by atoms with Gasteiger partial charge in [0.1, 0.15) is 29.3 Å². The summed E-state index contributed by atoms with van der Waals surface area (Å²) in [6, 6.07) is 3.20. The first-order valence-electron chi connectivity index (χ1n) is 9.73. The van der Waals surface area contributed by atoms with Crippen molar-refractivity contribution in [1.29, 1.82) is 0 Å². The molecule has 0 bridgehead atoms. The molecular formula is C21H24N4O5S. The van der Waals surface area contributed by atoms with Crippen LogP contribution in [0.4, 0.5) is 10.5 Å². The number of likely N-dealkylation sites (N-methyl/N-ethyl adjacent to an activating group) is 1. The second-order valence-corrected chi connectivity index (χ2v) is 10.4. The number of pyridine rings is 2. The zero-order valence-electron chi connectivity index (χ0n) is 18.0. The van der Waals surface area contributed by atoms with Crippen LogP contribution >= 0.6 is 0 Å².